The molecule has 0 radical (unpaired) electrons. The van der Waals surface area contributed by atoms with Crippen LogP contribution in [0.15, 0.2) is 48.7 Å². The van der Waals surface area contributed by atoms with Crippen molar-refractivity contribution in [3.8, 4) is 0 Å². The van der Waals surface area contributed by atoms with E-state index < -0.39 is 5.82 Å². The van der Waals surface area contributed by atoms with E-state index in [-0.39, 0.29) is 17.2 Å². The summed E-state index contributed by atoms with van der Waals surface area (Å²) in [6.07, 6.45) is 3.46. The van der Waals surface area contributed by atoms with Gasteiger partial charge in [0.15, 0.2) is 5.82 Å². The minimum absolute atomic E-state index is 0.0856. The van der Waals surface area contributed by atoms with Crippen LogP contribution in [0.1, 0.15) is 37.0 Å². The summed E-state index contributed by atoms with van der Waals surface area (Å²) in [5.74, 6) is 1.42. The van der Waals surface area contributed by atoms with Crippen LogP contribution < -0.4 is 5.32 Å². The summed E-state index contributed by atoms with van der Waals surface area (Å²) in [4.78, 5) is 21.3. The predicted molar refractivity (Wildman–Crippen MR) is 108 cm³/mol. The zero-order valence-corrected chi connectivity index (χ0v) is 16.6. The van der Waals surface area contributed by atoms with Gasteiger partial charge in [-0.25, -0.2) is 14.4 Å². The van der Waals surface area contributed by atoms with Gasteiger partial charge in [-0.05, 0) is 37.5 Å². The molecule has 1 saturated carbocycles. The van der Waals surface area contributed by atoms with Gasteiger partial charge in [0.25, 0.3) is 0 Å². The molecule has 4 rings (SSSR count). The molecule has 0 spiro atoms. The minimum Gasteiger partial charge on any atom is -0.310 e. The molecule has 29 heavy (non-hydrogen) atoms. The lowest BCUT2D eigenvalue weighted by molar-refractivity contribution is -0.117. The fourth-order valence-electron chi connectivity index (χ4n) is 3.97. The first kappa shape index (κ1) is 19.2. The van der Waals surface area contributed by atoms with E-state index in [9.17, 15) is 9.18 Å². The van der Waals surface area contributed by atoms with Gasteiger partial charge in [0, 0.05) is 24.3 Å². The number of pyridine rings is 1. The molecule has 1 N–H and O–H groups in total. The third kappa shape index (κ3) is 3.90. The molecule has 2 aromatic heterocycles. The van der Waals surface area contributed by atoms with Crippen LogP contribution >= 0.6 is 0 Å². The molecule has 1 aromatic carbocycles. The molecule has 0 aliphatic heterocycles. The Morgan fingerprint density at radius 3 is 2.72 bits per heavy atom. The number of aryl methyl sites for hydroxylation is 3. The van der Waals surface area contributed by atoms with Gasteiger partial charge in [-0.15, -0.1) is 0 Å². The van der Waals surface area contributed by atoms with Crippen molar-refractivity contribution in [2.24, 2.45) is 5.92 Å². The van der Waals surface area contributed by atoms with Crippen LogP contribution in [0.2, 0.25) is 0 Å². The Labute approximate surface area is 169 Å². The van der Waals surface area contributed by atoms with Gasteiger partial charge < -0.3 is 5.32 Å². The summed E-state index contributed by atoms with van der Waals surface area (Å²) in [7, 11) is 0. The number of rotatable bonds is 7. The largest absolute Gasteiger partial charge is 0.310 e. The molecule has 0 unspecified atom stereocenters. The third-order valence-electron chi connectivity index (χ3n) is 5.71. The fraction of sp³-hybridized carbons (Fsp3) is 0.364. The van der Waals surface area contributed by atoms with Crippen molar-refractivity contribution in [2.75, 3.05) is 5.32 Å². The third-order valence-corrected chi connectivity index (χ3v) is 5.71. The molecule has 1 aliphatic carbocycles. The highest BCUT2D eigenvalue weighted by molar-refractivity contribution is 5.95. The molecule has 3 aromatic rings. The van der Waals surface area contributed by atoms with Crippen molar-refractivity contribution >= 4 is 11.7 Å². The van der Waals surface area contributed by atoms with E-state index in [1.165, 1.54) is 12.1 Å². The van der Waals surface area contributed by atoms with E-state index in [0.29, 0.717) is 12.4 Å². The number of anilines is 1. The average Bonchev–Trinajstić information content (AvgIpc) is 3.38. The normalized spacial score (nSPS) is 20.4. The maximum atomic E-state index is 13.1. The van der Waals surface area contributed by atoms with E-state index >= 15 is 0 Å². The molecule has 2 heterocycles. The van der Waals surface area contributed by atoms with Crippen LogP contribution in [0.5, 0.6) is 0 Å². The van der Waals surface area contributed by atoms with Crippen LogP contribution in [-0.4, -0.2) is 25.7 Å². The summed E-state index contributed by atoms with van der Waals surface area (Å²) in [6.45, 7) is 4.69. The number of carbonyl (C=O) groups excluding carboxylic acids is 1. The standard InChI is InChI=1S/C22H24FN5O/c1-3-19-25-15(2)28(27-19)12-11-22(16-7-5-4-6-8-16)13-18(22)21(29)26-20-10-9-17(23)14-24-20/h4-10,14,18H,3,11-13H2,1-2H3,(H,24,26,29)/t18-,22-/m0/s1. The monoisotopic (exact) mass is 393 g/mol. The molecule has 1 aliphatic rings. The summed E-state index contributed by atoms with van der Waals surface area (Å²) >= 11 is 0. The maximum Gasteiger partial charge on any atom is 0.229 e. The number of amides is 1. The summed E-state index contributed by atoms with van der Waals surface area (Å²) in [6, 6.07) is 12.9. The number of nitrogens with zero attached hydrogens (tertiary/aromatic N) is 4. The molecular formula is C22H24FN5O. The number of carbonyl (C=O) groups is 1. The zero-order chi connectivity index (χ0) is 20.4. The molecular weight excluding hydrogens is 369 g/mol. The Kier molecular flexibility index (Phi) is 5.13. The number of hydrogen-bond acceptors (Lipinski definition) is 4. The van der Waals surface area contributed by atoms with Crippen molar-refractivity contribution in [1.82, 2.24) is 19.7 Å². The summed E-state index contributed by atoms with van der Waals surface area (Å²) < 4.78 is 15.0. The van der Waals surface area contributed by atoms with Gasteiger partial charge in [0.2, 0.25) is 5.91 Å². The van der Waals surface area contributed by atoms with Crippen molar-refractivity contribution in [1.29, 1.82) is 0 Å². The van der Waals surface area contributed by atoms with Crippen LogP contribution in [-0.2, 0) is 23.2 Å². The highest BCUT2D eigenvalue weighted by Gasteiger charge is 2.58. The smallest absolute Gasteiger partial charge is 0.229 e. The van der Waals surface area contributed by atoms with Gasteiger partial charge in [0.05, 0.1) is 6.20 Å². The minimum atomic E-state index is -0.428. The topological polar surface area (TPSA) is 72.7 Å². The molecule has 0 saturated heterocycles. The van der Waals surface area contributed by atoms with Crippen molar-refractivity contribution < 1.29 is 9.18 Å². The van der Waals surface area contributed by atoms with Gasteiger partial charge in [-0.3, -0.25) is 9.48 Å². The highest BCUT2D eigenvalue weighted by atomic mass is 19.1. The molecule has 2 atom stereocenters. The SMILES string of the molecule is CCc1nc(C)n(CC[C@@]2(c3ccccc3)C[C@H]2C(=O)Nc2ccc(F)cn2)n1. The predicted octanol–water partition coefficient (Wildman–Crippen LogP) is 3.67. The number of aromatic nitrogens is 4. The van der Waals surface area contributed by atoms with Crippen molar-refractivity contribution in [3.63, 3.8) is 0 Å². The molecule has 6 nitrogen and oxygen atoms in total. The lowest BCUT2D eigenvalue weighted by Gasteiger charge is -2.18. The average molecular weight is 393 g/mol. The van der Waals surface area contributed by atoms with E-state index in [2.05, 4.69) is 32.5 Å². The Bertz CT molecular complexity index is 1000. The lowest BCUT2D eigenvalue weighted by Crippen LogP contribution is -2.23. The zero-order valence-electron chi connectivity index (χ0n) is 16.6. The summed E-state index contributed by atoms with van der Waals surface area (Å²) in [5.41, 5.74) is 0.913. The van der Waals surface area contributed by atoms with Crippen molar-refractivity contribution in [2.45, 2.75) is 45.1 Å². The Hall–Kier alpha value is -3.09. The van der Waals surface area contributed by atoms with Gasteiger partial charge >= 0.3 is 0 Å². The molecule has 0 bridgehead atoms. The summed E-state index contributed by atoms with van der Waals surface area (Å²) in [5, 5.41) is 7.39. The second-order valence-electron chi connectivity index (χ2n) is 7.53. The van der Waals surface area contributed by atoms with Crippen LogP contribution in [0.25, 0.3) is 0 Å². The molecule has 1 amide bonds. The second kappa shape index (κ2) is 7.73. The van der Waals surface area contributed by atoms with Crippen molar-refractivity contribution in [3.05, 3.63) is 71.7 Å². The maximum absolute atomic E-state index is 13.1. The Morgan fingerprint density at radius 2 is 2.07 bits per heavy atom. The number of nitrogens with one attached hydrogen (secondary N) is 1. The number of hydrogen-bond donors (Lipinski definition) is 1. The van der Waals surface area contributed by atoms with Crippen LogP contribution in [0.3, 0.4) is 0 Å². The van der Waals surface area contributed by atoms with E-state index in [1.54, 1.807) is 0 Å². The molecule has 1 fully saturated rings. The molecule has 7 heteroatoms. The first-order chi connectivity index (χ1) is 14.0. The van der Waals surface area contributed by atoms with Gasteiger partial charge in [0.1, 0.15) is 17.5 Å². The first-order valence-electron chi connectivity index (χ1n) is 9.90. The van der Waals surface area contributed by atoms with Gasteiger partial charge in [-0.1, -0.05) is 37.3 Å². The number of halogens is 1. The number of benzene rings is 1. The van der Waals surface area contributed by atoms with E-state index in [4.69, 9.17) is 0 Å². The quantitative estimate of drug-likeness (QED) is 0.665. The van der Waals surface area contributed by atoms with E-state index in [1.807, 2.05) is 36.7 Å². The van der Waals surface area contributed by atoms with Crippen LogP contribution in [0, 0.1) is 18.7 Å². The first-order valence-corrected chi connectivity index (χ1v) is 9.90. The van der Waals surface area contributed by atoms with Crippen LogP contribution in [0.4, 0.5) is 10.2 Å². The lowest BCUT2D eigenvalue weighted by atomic mass is 9.89. The fourth-order valence-corrected chi connectivity index (χ4v) is 3.97. The second-order valence-corrected chi connectivity index (χ2v) is 7.53. The highest BCUT2D eigenvalue weighted by Crippen LogP contribution is 2.57. The Balaban J connectivity index is 1.52. The van der Waals surface area contributed by atoms with E-state index in [0.717, 1.165) is 42.7 Å². The molecule has 150 valence electrons. The Morgan fingerprint density at radius 1 is 1.28 bits per heavy atom. The van der Waals surface area contributed by atoms with Gasteiger partial charge in [-0.2, -0.15) is 5.10 Å².